The summed E-state index contributed by atoms with van der Waals surface area (Å²) in [5.41, 5.74) is 6.89. The fraction of sp³-hybridized carbons (Fsp3) is 0.812. The van der Waals surface area contributed by atoms with Gasteiger partial charge in [-0.25, -0.2) is 4.68 Å². The number of carbonyl (C=O) groups excluding carboxylic acids is 1. The van der Waals surface area contributed by atoms with Crippen molar-refractivity contribution in [3.05, 3.63) is 11.9 Å². The predicted octanol–water partition coefficient (Wildman–Crippen LogP) is 0.0943. The second-order valence-corrected chi connectivity index (χ2v) is 6.99. The van der Waals surface area contributed by atoms with E-state index in [4.69, 9.17) is 15.2 Å². The molecule has 3 aliphatic rings. The van der Waals surface area contributed by atoms with E-state index in [0.29, 0.717) is 31.4 Å². The monoisotopic (exact) mass is 335 g/mol. The summed E-state index contributed by atoms with van der Waals surface area (Å²) in [4.78, 5) is 14.6. The lowest BCUT2D eigenvalue weighted by Crippen LogP contribution is -2.50. The molecule has 24 heavy (non-hydrogen) atoms. The van der Waals surface area contributed by atoms with Gasteiger partial charge in [-0.05, 0) is 31.6 Å². The van der Waals surface area contributed by atoms with Crippen LogP contribution in [0.25, 0.3) is 0 Å². The van der Waals surface area contributed by atoms with E-state index in [1.54, 1.807) is 10.9 Å². The van der Waals surface area contributed by atoms with Crippen LogP contribution in [0.4, 0.5) is 0 Å². The molecule has 1 aliphatic carbocycles. The van der Waals surface area contributed by atoms with Crippen molar-refractivity contribution in [2.24, 2.45) is 11.7 Å². The van der Waals surface area contributed by atoms with Crippen LogP contribution in [0.3, 0.4) is 0 Å². The van der Waals surface area contributed by atoms with Crippen molar-refractivity contribution >= 4 is 5.91 Å². The minimum absolute atomic E-state index is 0.00402. The van der Waals surface area contributed by atoms with Gasteiger partial charge in [0.1, 0.15) is 12.2 Å². The molecule has 0 radical (unpaired) electrons. The van der Waals surface area contributed by atoms with Crippen LogP contribution in [-0.4, -0.2) is 64.3 Å². The number of hydrogen-bond donors (Lipinski definition) is 1. The first-order chi connectivity index (χ1) is 11.7. The molecule has 3 fully saturated rings. The third-order valence-electron chi connectivity index (χ3n) is 5.21. The van der Waals surface area contributed by atoms with Gasteiger partial charge in [-0.1, -0.05) is 5.21 Å². The Morgan fingerprint density at radius 2 is 2.25 bits per heavy atom. The second kappa shape index (κ2) is 6.78. The number of nitrogens with two attached hydrogens (primary N) is 1. The van der Waals surface area contributed by atoms with E-state index >= 15 is 0 Å². The summed E-state index contributed by atoms with van der Waals surface area (Å²) in [7, 11) is 0. The topological polar surface area (TPSA) is 95.5 Å². The number of aromatic nitrogens is 3. The fourth-order valence-corrected chi connectivity index (χ4v) is 3.65. The minimum Gasteiger partial charge on any atom is -0.377 e. The van der Waals surface area contributed by atoms with Crippen molar-refractivity contribution in [1.29, 1.82) is 0 Å². The molecule has 1 aromatic heterocycles. The highest BCUT2D eigenvalue weighted by Gasteiger charge is 2.39. The summed E-state index contributed by atoms with van der Waals surface area (Å²) in [6.45, 7) is 2.89. The van der Waals surface area contributed by atoms with E-state index in [1.807, 2.05) is 4.90 Å². The first-order valence-corrected chi connectivity index (χ1v) is 8.87. The highest BCUT2D eigenvalue weighted by molar-refractivity contribution is 5.76. The molecule has 1 aromatic rings. The van der Waals surface area contributed by atoms with Gasteiger partial charge in [0.15, 0.2) is 0 Å². The van der Waals surface area contributed by atoms with Crippen molar-refractivity contribution in [2.75, 3.05) is 26.4 Å². The van der Waals surface area contributed by atoms with Crippen molar-refractivity contribution < 1.29 is 14.3 Å². The summed E-state index contributed by atoms with van der Waals surface area (Å²) < 4.78 is 12.7. The number of carbonyl (C=O) groups is 1. The number of amides is 1. The van der Waals surface area contributed by atoms with Crippen LogP contribution in [0.5, 0.6) is 0 Å². The molecule has 0 bridgehead atoms. The largest absolute Gasteiger partial charge is 0.377 e. The smallest absolute Gasteiger partial charge is 0.244 e. The van der Waals surface area contributed by atoms with E-state index in [9.17, 15) is 4.79 Å². The lowest BCUT2D eigenvalue weighted by atomic mass is 10.1. The van der Waals surface area contributed by atoms with E-state index in [2.05, 4.69) is 10.3 Å². The van der Waals surface area contributed by atoms with Crippen molar-refractivity contribution in [2.45, 2.75) is 50.4 Å². The van der Waals surface area contributed by atoms with E-state index in [1.165, 1.54) is 12.8 Å². The minimum atomic E-state index is -0.279. The molecular formula is C16H25N5O3. The Kier molecular flexibility index (Phi) is 4.51. The molecule has 8 nitrogen and oxygen atoms in total. The van der Waals surface area contributed by atoms with Crippen LogP contribution >= 0.6 is 0 Å². The number of morpholine rings is 1. The van der Waals surface area contributed by atoms with Gasteiger partial charge < -0.3 is 20.1 Å². The van der Waals surface area contributed by atoms with Gasteiger partial charge in [-0.2, -0.15) is 0 Å². The van der Waals surface area contributed by atoms with Gasteiger partial charge in [0.2, 0.25) is 5.91 Å². The van der Waals surface area contributed by atoms with Crippen LogP contribution in [0.15, 0.2) is 6.20 Å². The molecule has 3 unspecified atom stereocenters. The van der Waals surface area contributed by atoms with Gasteiger partial charge in [-0.3, -0.25) is 4.79 Å². The van der Waals surface area contributed by atoms with Gasteiger partial charge in [-0.15, -0.1) is 5.10 Å². The van der Waals surface area contributed by atoms with E-state index in [-0.39, 0.29) is 30.6 Å². The molecule has 132 valence electrons. The van der Waals surface area contributed by atoms with Crippen LogP contribution in [0, 0.1) is 5.92 Å². The molecule has 8 heteroatoms. The summed E-state index contributed by atoms with van der Waals surface area (Å²) >= 11 is 0. The van der Waals surface area contributed by atoms with Gasteiger partial charge in [0.25, 0.3) is 0 Å². The van der Waals surface area contributed by atoms with Crippen molar-refractivity contribution in [3.8, 4) is 0 Å². The molecule has 1 saturated carbocycles. The molecule has 4 rings (SSSR count). The SMILES string of the molecule is NC(c1cn(CC(=O)N2CCOCC2C2CC2)nn1)C1CCCO1. The highest BCUT2D eigenvalue weighted by atomic mass is 16.5. The summed E-state index contributed by atoms with van der Waals surface area (Å²) in [5, 5.41) is 8.22. The van der Waals surface area contributed by atoms with E-state index < -0.39 is 0 Å². The Labute approximate surface area is 141 Å². The number of ether oxygens (including phenoxy) is 2. The van der Waals surface area contributed by atoms with E-state index in [0.717, 1.165) is 19.4 Å². The molecule has 0 spiro atoms. The average Bonchev–Trinajstić information content (AvgIpc) is 3.10. The average molecular weight is 335 g/mol. The third kappa shape index (κ3) is 3.31. The molecule has 3 heterocycles. The first kappa shape index (κ1) is 16.0. The zero-order valence-electron chi connectivity index (χ0n) is 13.8. The predicted molar refractivity (Wildman–Crippen MR) is 85.0 cm³/mol. The van der Waals surface area contributed by atoms with Crippen molar-refractivity contribution in [3.63, 3.8) is 0 Å². The molecule has 2 N–H and O–H groups in total. The first-order valence-electron chi connectivity index (χ1n) is 8.87. The maximum atomic E-state index is 12.7. The zero-order chi connectivity index (χ0) is 16.5. The Hall–Kier alpha value is -1.51. The summed E-state index contributed by atoms with van der Waals surface area (Å²) in [6, 6.07) is -0.0534. The van der Waals surface area contributed by atoms with Gasteiger partial charge >= 0.3 is 0 Å². The highest BCUT2D eigenvalue weighted by Crippen LogP contribution is 2.36. The number of nitrogens with zero attached hydrogens (tertiary/aromatic N) is 4. The van der Waals surface area contributed by atoms with Crippen LogP contribution in [-0.2, 0) is 20.8 Å². The standard InChI is InChI=1S/C16H25N5O3/c17-16(14-2-1-6-24-14)12-8-20(19-18-12)9-15(22)21-5-7-23-10-13(21)11-3-4-11/h8,11,13-14,16H,1-7,9-10,17H2. The maximum Gasteiger partial charge on any atom is 0.244 e. The van der Waals surface area contributed by atoms with Gasteiger partial charge in [0.05, 0.1) is 37.6 Å². The molecular weight excluding hydrogens is 310 g/mol. The summed E-state index contributed by atoms with van der Waals surface area (Å²) in [6.07, 6.45) is 6.15. The third-order valence-corrected chi connectivity index (χ3v) is 5.21. The Morgan fingerprint density at radius 3 is 3.00 bits per heavy atom. The Bertz CT molecular complexity index is 582. The van der Waals surface area contributed by atoms with Crippen LogP contribution in [0.1, 0.15) is 37.4 Å². The van der Waals surface area contributed by atoms with Crippen LogP contribution in [0.2, 0.25) is 0 Å². The normalized spacial score (nSPS) is 29.0. The number of hydrogen-bond acceptors (Lipinski definition) is 6. The maximum absolute atomic E-state index is 12.7. The molecule has 1 amide bonds. The second-order valence-electron chi connectivity index (χ2n) is 6.99. The zero-order valence-corrected chi connectivity index (χ0v) is 13.8. The quantitative estimate of drug-likeness (QED) is 0.820. The van der Waals surface area contributed by atoms with Gasteiger partial charge in [0, 0.05) is 13.2 Å². The fourth-order valence-electron chi connectivity index (χ4n) is 3.65. The number of rotatable bonds is 5. The Balaban J connectivity index is 1.38. The lowest BCUT2D eigenvalue weighted by molar-refractivity contribution is -0.141. The van der Waals surface area contributed by atoms with Crippen molar-refractivity contribution in [1.82, 2.24) is 19.9 Å². The summed E-state index contributed by atoms with van der Waals surface area (Å²) in [5.74, 6) is 0.686. The molecule has 0 aromatic carbocycles. The lowest BCUT2D eigenvalue weighted by Gasteiger charge is -2.35. The Morgan fingerprint density at radius 1 is 1.38 bits per heavy atom. The molecule has 2 saturated heterocycles. The molecule has 3 atom stereocenters. The van der Waals surface area contributed by atoms with Crippen LogP contribution < -0.4 is 5.73 Å². The molecule has 2 aliphatic heterocycles.